The summed E-state index contributed by atoms with van der Waals surface area (Å²) in [5.41, 5.74) is 0.718. The molecule has 2 amide bonds. The van der Waals surface area contributed by atoms with Crippen LogP contribution in [0.4, 0.5) is 8.78 Å². The molecule has 2 fully saturated rings. The molecule has 2 saturated heterocycles. The largest absolute Gasteiger partial charge is 0.381 e. The van der Waals surface area contributed by atoms with E-state index in [1.807, 2.05) is 6.92 Å². The summed E-state index contributed by atoms with van der Waals surface area (Å²) < 4.78 is 58.3. The first-order valence-corrected chi connectivity index (χ1v) is 13.8. The van der Waals surface area contributed by atoms with Crippen LogP contribution in [0.2, 0.25) is 5.02 Å². The quantitative estimate of drug-likeness (QED) is 0.562. The molecule has 0 spiro atoms. The second-order valence-electron chi connectivity index (χ2n) is 9.53. The highest BCUT2D eigenvalue weighted by Gasteiger charge is 2.42. The number of likely N-dealkylation sites (tertiary alicyclic amines) is 1. The Labute approximate surface area is 213 Å². The third kappa shape index (κ3) is 5.26. The third-order valence-electron chi connectivity index (χ3n) is 6.74. The zero-order valence-electron chi connectivity index (χ0n) is 20.1. The topological polar surface area (TPSA) is 92.8 Å². The minimum Gasteiger partial charge on any atom is -0.381 e. The zero-order chi connectivity index (χ0) is 26.4. The van der Waals surface area contributed by atoms with Gasteiger partial charge in [-0.2, -0.15) is 0 Å². The lowest BCUT2D eigenvalue weighted by atomic mass is 9.90. The minimum atomic E-state index is -3.55. The fourth-order valence-corrected chi connectivity index (χ4v) is 5.63. The van der Waals surface area contributed by atoms with E-state index < -0.39 is 45.4 Å². The lowest BCUT2D eigenvalue weighted by Crippen LogP contribution is -2.51. The third-order valence-corrected chi connectivity index (χ3v) is 8.12. The first-order valence-electron chi connectivity index (χ1n) is 11.5. The Morgan fingerprint density at radius 3 is 2.42 bits per heavy atom. The summed E-state index contributed by atoms with van der Waals surface area (Å²) in [7, 11) is -3.55. The smallest absolute Gasteiger partial charge is 0.254 e. The Bertz CT molecular complexity index is 1320. The molecular formula is C25H27ClF2N2O5S. The van der Waals surface area contributed by atoms with E-state index in [1.54, 1.807) is 13.0 Å². The lowest BCUT2D eigenvalue weighted by Gasteiger charge is -2.36. The van der Waals surface area contributed by atoms with E-state index in [9.17, 15) is 26.8 Å². The monoisotopic (exact) mass is 540 g/mol. The fourth-order valence-electron chi connectivity index (χ4n) is 4.74. The number of nitrogens with one attached hydrogen (secondary N) is 1. The van der Waals surface area contributed by atoms with E-state index in [1.165, 1.54) is 17.0 Å². The predicted octanol–water partition coefficient (Wildman–Crippen LogP) is 3.83. The number of nitrogens with zero attached hydrogens (tertiary/aromatic N) is 1. The van der Waals surface area contributed by atoms with Gasteiger partial charge < -0.3 is 15.0 Å². The van der Waals surface area contributed by atoms with Crippen molar-refractivity contribution in [2.45, 2.75) is 49.7 Å². The first kappa shape index (κ1) is 26.5. The van der Waals surface area contributed by atoms with E-state index in [0.717, 1.165) is 18.4 Å². The van der Waals surface area contributed by atoms with Gasteiger partial charge in [-0.3, -0.25) is 9.59 Å². The van der Waals surface area contributed by atoms with Gasteiger partial charge in [0.05, 0.1) is 29.2 Å². The Morgan fingerprint density at radius 2 is 1.81 bits per heavy atom. The van der Waals surface area contributed by atoms with Crippen molar-refractivity contribution in [2.24, 2.45) is 5.92 Å². The van der Waals surface area contributed by atoms with Crippen LogP contribution < -0.4 is 5.32 Å². The molecule has 2 aliphatic heterocycles. The van der Waals surface area contributed by atoms with Crippen LogP contribution >= 0.6 is 11.6 Å². The molecule has 2 aliphatic rings. The first-order chi connectivity index (χ1) is 16.9. The molecule has 36 heavy (non-hydrogen) atoms. The van der Waals surface area contributed by atoms with Gasteiger partial charge in [0.2, 0.25) is 5.91 Å². The number of amides is 2. The molecule has 0 radical (unpaired) electrons. The SMILES string of the molecule is Cc1cc(C(=O)N2[C@H](C)CC[C@@H]2C(=O)N[C@@H](c2cc(F)c(Cl)cc2F)C2COC2)cc(S(C)(=O)=O)c1. The summed E-state index contributed by atoms with van der Waals surface area (Å²) >= 11 is 5.70. The number of hydrogen-bond donors (Lipinski definition) is 1. The molecule has 3 atom stereocenters. The number of hydrogen-bond acceptors (Lipinski definition) is 5. The fraction of sp³-hybridized carbons (Fsp3) is 0.440. The van der Waals surface area contributed by atoms with Crippen molar-refractivity contribution in [3.05, 3.63) is 63.7 Å². The van der Waals surface area contributed by atoms with Gasteiger partial charge in [0.1, 0.15) is 17.7 Å². The van der Waals surface area contributed by atoms with Gasteiger partial charge in [0.15, 0.2) is 9.84 Å². The average molecular weight is 541 g/mol. The van der Waals surface area contributed by atoms with Crippen LogP contribution in [0.3, 0.4) is 0 Å². The van der Waals surface area contributed by atoms with Gasteiger partial charge in [-0.1, -0.05) is 11.6 Å². The summed E-state index contributed by atoms with van der Waals surface area (Å²) in [6.45, 7) is 4.02. The predicted molar refractivity (Wildman–Crippen MR) is 130 cm³/mol. The number of carbonyl (C=O) groups is 2. The van der Waals surface area contributed by atoms with Crippen molar-refractivity contribution >= 4 is 33.3 Å². The van der Waals surface area contributed by atoms with E-state index in [2.05, 4.69) is 5.32 Å². The molecule has 1 N–H and O–H groups in total. The Morgan fingerprint density at radius 1 is 1.11 bits per heavy atom. The van der Waals surface area contributed by atoms with Gasteiger partial charge >= 0.3 is 0 Å². The molecule has 11 heteroatoms. The number of rotatable bonds is 6. The number of carbonyl (C=O) groups excluding carboxylic acids is 2. The number of sulfone groups is 1. The van der Waals surface area contributed by atoms with Crippen LogP contribution in [0.25, 0.3) is 0 Å². The molecule has 0 aliphatic carbocycles. The second-order valence-corrected chi connectivity index (χ2v) is 12.0. The highest BCUT2D eigenvalue weighted by molar-refractivity contribution is 7.90. The maximum atomic E-state index is 14.7. The van der Waals surface area contributed by atoms with Crippen LogP contribution in [0.1, 0.15) is 47.3 Å². The second kappa shape index (κ2) is 10.1. The molecule has 7 nitrogen and oxygen atoms in total. The van der Waals surface area contributed by atoms with Crippen LogP contribution in [0.5, 0.6) is 0 Å². The summed E-state index contributed by atoms with van der Waals surface area (Å²) in [5, 5.41) is 2.45. The highest BCUT2D eigenvalue weighted by atomic mass is 35.5. The van der Waals surface area contributed by atoms with E-state index in [4.69, 9.17) is 16.3 Å². The molecule has 2 heterocycles. The normalized spacial score (nSPS) is 21.2. The van der Waals surface area contributed by atoms with Gasteiger partial charge in [-0.15, -0.1) is 0 Å². The summed E-state index contributed by atoms with van der Waals surface area (Å²) in [6.07, 6.45) is 1.98. The molecule has 0 aromatic heterocycles. The standard InChI is InChI=1S/C25H27ClF2N2O5S/c1-13-6-15(8-17(7-13)36(3,33)34)25(32)30-14(2)4-5-22(30)24(31)29-23(16-11-35-12-16)18-9-21(28)19(26)10-20(18)27/h6-10,14,16,22-23H,4-5,11-12H2,1-3H3,(H,29,31)/t14-,22-,23-/m1/s1. The van der Waals surface area contributed by atoms with E-state index in [-0.39, 0.29) is 46.2 Å². The molecular weight excluding hydrogens is 514 g/mol. The molecule has 0 unspecified atom stereocenters. The highest BCUT2D eigenvalue weighted by Crippen LogP contribution is 2.34. The van der Waals surface area contributed by atoms with Crippen molar-refractivity contribution in [1.82, 2.24) is 10.2 Å². The van der Waals surface area contributed by atoms with Crippen molar-refractivity contribution in [3.8, 4) is 0 Å². The number of benzene rings is 2. The van der Waals surface area contributed by atoms with Gasteiger partial charge in [0.25, 0.3) is 5.91 Å². The van der Waals surface area contributed by atoms with Crippen molar-refractivity contribution < 1.29 is 31.5 Å². The zero-order valence-corrected chi connectivity index (χ0v) is 21.6. The number of aryl methyl sites for hydroxylation is 1. The number of ether oxygens (including phenoxy) is 1. The summed E-state index contributed by atoms with van der Waals surface area (Å²) in [5.74, 6) is -2.81. The lowest BCUT2D eigenvalue weighted by molar-refractivity contribution is -0.128. The van der Waals surface area contributed by atoms with Crippen LogP contribution in [0.15, 0.2) is 35.2 Å². The van der Waals surface area contributed by atoms with E-state index in [0.29, 0.717) is 18.4 Å². The van der Waals surface area contributed by atoms with Crippen LogP contribution in [0, 0.1) is 24.5 Å². The Hall–Kier alpha value is -2.56. The molecule has 2 aromatic carbocycles. The maximum absolute atomic E-state index is 14.7. The molecule has 0 bridgehead atoms. The Balaban J connectivity index is 1.62. The Kier molecular flexibility index (Phi) is 7.41. The van der Waals surface area contributed by atoms with Crippen LogP contribution in [-0.4, -0.2) is 56.7 Å². The van der Waals surface area contributed by atoms with Crippen LogP contribution in [-0.2, 0) is 19.4 Å². The van der Waals surface area contributed by atoms with Gasteiger partial charge in [-0.05, 0) is 62.6 Å². The maximum Gasteiger partial charge on any atom is 0.254 e. The van der Waals surface area contributed by atoms with Gasteiger partial charge in [0, 0.05) is 29.3 Å². The summed E-state index contributed by atoms with van der Waals surface area (Å²) in [6, 6.07) is 4.19. The minimum absolute atomic E-state index is 0.0176. The molecule has 4 rings (SSSR count). The molecule has 0 saturated carbocycles. The van der Waals surface area contributed by atoms with Crippen molar-refractivity contribution in [1.29, 1.82) is 0 Å². The molecule has 2 aromatic rings. The van der Waals surface area contributed by atoms with Crippen molar-refractivity contribution in [2.75, 3.05) is 19.5 Å². The number of halogens is 3. The average Bonchev–Trinajstić information content (AvgIpc) is 3.14. The van der Waals surface area contributed by atoms with E-state index >= 15 is 0 Å². The molecule has 194 valence electrons. The summed E-state index contributed by atoms with van der Waals surface area (Å²) in [4.78, 5) is 28.4. The van der Waals surface area contributed by atoms with Gasteiger partial charge in [-0.25, -0.2) is 17.2 Å². The van der Waals surface area contributed by atoms with Crippen molar-refractivity contribution in [3.63, 3.8) is 0 Å².